The highest BCUT2D eigenvalue weighted by atomic mass is 16.5. The van der Waals surface area contributed by atoms with Crippen molar-refractivity contribution in [3.8, 4) is 5.75 Å². The van der Waals surface area contributed by atoms with Gasteiger partial charge in [0.15, 0.2) is 0 Å². The predicted molar refractivity (Wildman–Crippen MR) is 72.7 cm³/mol. The minimum absolute atomic E-state index is 0.149. The van der Waals surface area contributed by atoms with Crippen molar-refractivity contribution in [2.45, 2.75) is 26.4 Å². The number of aliphatic hydroxyl groups is 1. The van der Waals surface area contributed by atoms with E-state index in [-0.39, 0.29) is 12.5 Å². The van der Waals surface area contributed by atoms with E-state index in [0.29, 0.717) is 0 Å². The summed E-state index contributed by atoms with van der Waals surface area (Å²) in [5, 5.41) is 11.2. The molecule has 2 rings (SSSR count). The van der Waals surface area contributed by atoms with E-state index >= 15 is 0 Å². The summed E-state index contributed by atoms with van der Waals surface area (Å²) < 4.78 is 5.65. The molecule has 1 unspecified atom stereocenters. The lowest BCUT2D eigenvalue weighted by atomic mass is 9.94. The topological polar surface area (TPSA) is 42.4 Å². The van der Waals surface area contributed by atoms with Gasteiger partial charge in [-0.25, -0.2) is 0 Å². The molecule has 96 valence electrons. The fourth-order valence-electron chi connectivity index (χ4n) is 1.53. The highest BCUT2D eigenvalue weighted by molar-refractivity contribution is 5.79. The van der Waals surface area contributed by atoms with Gasteiger partial charge in [0.05, 0.1) is 11.1 Å². The van der Waals surface area contributed by atoms with E-state index in [4.69, 9.17) is 4.74 Å². The van der Waals surface area contributed by atoms with E-state index in [0.717, 1.165) is 16.7 Å². The Labute approximate surface area is 107 Å². The van der Waals surface area contributed by atoms with E-state index in [9.17, 15) is 5.11 Å². The van der Waals surface area contributed by atoms with E-state index in [1.165, 1.54) is 0 Å². The first-order chi connectivity index (χ1) is 8.49. The van der Waals surface area contributed by atoms with Gasteiger partial charge in [0.2, 0.25) is 0 Å². The molecule has 3 heteroatoms. The molecule has 0 bridgehead atoms. The van der Waals surface area contributed by atoms with Crippen LogP contribution in [0.1, 0.15) is 20.8 Å². The van der Waals surface area contributed by atoms with Crippen LogP contribution >= 0.6 is 0 Å². The van der Waals surface area contributed by atoms with Gasteiger partial charge in [-0.2, -0.15) is 0 Å². The van der Waals surface area contributed by atoms with Crippen molar-refractivity contribution < 1.29 is 9.84 Å². The summed E-state index contributed by atoms with van der Waals surface area (Å²) in [6, 6.07) is 9.69. The van der Waals surface area contributed by atoms with Crippen molar-refractivity contribution in [3.63, 3.8) is 0 Å². The highest BCUT2D eigenvalue weighted by Gasteiger charge is 2.25. The van der Waals surface area contributed by atoms with Gasteiger partial charge in [0.1, 0.15) is 12.4 Å². The average molecular weight is 245 g/mol. The van der Waals surface area contributed by atoms with Crippen LogP contribution in [0, 0.1) is 5.92 Å². The molecule has 0 radical (unpaired) electrons. The van der Waals surface area contributed by atoms with Gasteiger partial charge < -0.3 is 9.84 Å². The SMILES string of the molecule is CC(C)C(C)(O)COc1ccc2cccnc2c1. The molecule has 1 heterocycles. The third-order valence-electron chi connectivity index (χ3n) is 3.35. The van der Waals surface area contributed by atoms with Gasteiger partial charge in [0, 0.05) is 17.6 Å². The van der Waals surface area contributed by atoms with E-state index < -0.39 is 5.60 Å². The average Bonchev–Trinajstić information content (AvgIpc) is 2.36. The molecule has 0 spiro atoms. The first kappa shape index (κ1) is 12.8. The van der Waals surface area contributed by atoms with Crippen molar-refractivity contribution in [3.05, 3.63) is 36.5 Å². The maximum Gasteiger partial charge on any atom is 0.121 e. The molecule has 2 aromatic rings. The zero-order chi connectivity index (χ0) is 13.2. The highest BCUT2D eigenvalue weighted by Crippen LogP contribution is 2.22. The standard InChI is InChI=1S/C15H19NO2/c1-11(2)15(3,17)10-18-13-7-6-12-5-4-8-16-14(12)9-13/h4-9,11,17H,10H2,1-3H3. The number of nitrogens with zero attached hydrogens (tertiary/aromatic N) is 1. The van der Waals surface area contributed by atoms with Crippen LogP contribution in [0.25, 0.3) is 10.9 Å². The minimum Gasteiger partial charge on any atom is -0.491 e. The molecule has 0 saturated heterocycles. The smallest absolute Gasteiger partial charge is 0.121 e. The van der Waals surface area contributed by atoms with Crippen molar-refractivity contribution >= 4 is 10.9 Å². The van der Waals surface area contributed by atoms with E-state index in [1.54, 1.807) is 13.1 Å². The Hall–Kier alpha value is -1.61. The number of benzene rings is 1. The summed E-state index contributed by atoms with van der Waals surface area (Å²) in [6.45, 7) is 6.02. The van der Waals surface area contributed by atoms with Gasteiger partial charge in [-0.15, -0.1) is 0 Å². The first-order valence-corrected chi connectivity index (χ1v) is 6.19. The lowest BCUT2D eigenvalue weighted by Gasteiger charge is -2.27. The summed E-state index contributed by atoms with van der Waals surface area (Å²) in [7, 11) is 0. The minimum atomic E-state index is -0.820. The molecule has 0 aliphatic rings. The molecule has 0 saturated carbocycles. The Morgan fingerprint density at radius 3 is 2.83 bits per heavy atom. The van der Waals surface area contributed by atoms with Crippen LogP contribution in [0.5, 0.6) is 5.75 Å². The summed E-state index contributed by atoms with van der Waals surface area (Å²) in [5.74, 6) is 0.887. The van der Waals surface area contributed by atoms with Crippen LogP contribution in [0.2, 0.25) is 0 Å². The Bertz CT molecular complexity index is 535. The normalized spacial score (nSPS) is 14.7. The maximum absolute atomic E-state index is 10.1. The molecule has 18 heavy (non-hydrogen) atoms. The number of rotatable bonds is 4. The molecule has 0 aliphatic heterocycles. The fraction of sp³-hybridized carbons (Fsp3) is 0.400. The largest absolute Gasteiger partial charge is 0.491 e. The maximum atomic E-state index is 10.1. The number of hydrogen-bond acceptors (Lipinski definition) is 3. The van der Waals surface area contributed by atoms with Crippen molar-refractivity contribution in [2.24, 2.45) is 5.92 Å². The lowest BCUT2D eigenvalue weighted by molar-refractivity contribution is -0.0266. The summed E-state index contributed by atoms with van der Waals surface area (Å²) in [6.07, 6.45) is 1.76. The van der Waals surface area contributed by atoms with Crippen molar-refractivity contribution in [2.75, 3.05) is 6.61 Å². The number of fused-ring (bicyclic) bond motifs is 1. The van der Waals surface area contributed by atoms with Crippen LogP contribution in [-0.4, -0.2) is 22.3 Å². The predicted octanol–water partition coefficient (Wildman–Crippen LogP) is 3.02. The van der Waals surface area contributed by atoms with Gasteiger partial charge in [-0.05, 0) is 31.0 Å². The Kier molecular flexibility index (Phi) is 3.53. The number of hydrogen-bond donors (Lipinski definition) is 1. The monoisotopic (exact) mass is 245 g/mol. The second kappa shape index (κ2) is 4.94. The van der Waals surface area contributed by atoms with Crippen LogP contribution < -0.4 is 4.74 Å². The number of pyridine rings is 1. The van der Waals surface area contributed by atoms with Gasteiger partial charge in [0.25, 0.3) is 0 Å². The molecule has 0 fully saturated rings. The van der Waals surface area contributed by atoms with Gasteiger partial charge in [-0.1, -0.05) is 19.9 Å². The van der Waals surface area contributed by atoms with Crippen LogP contribution in [-0.2, 0) is 0 Å². The fourth-order valence-corrected chi connectivity index (χ4v) is 1.53. The van der Waals surface area contributed by atoms with Crippen LogP contribution in [0.4, 0.5) is 0 Å². The number of aromatic nitrogens is 1. The molecule has 1 aromatic heterocycles. The summed E-state index contributed by atoms with van der Waals surface area (Å²) >= 11 is 0. The Morgan fingerprint density at radius 2 is 2.11 bits per heavy atom. The van der Waals surface area contributed by atoms with Gasteiger partial charge >= 0.3 is 0 Å². The van der Waals surface area contributed by atoms with Crippen molar-refractivity contribution in [1.29, 1.82) is 0 Å². The summed E-state index contributed by atoms with van der Waals surface area (Å²) in [4.78, 5) is 4.28. The molecule has 3 nitrogen and oxygen atoms in total. The Balaban J connectivity index is 2.13. The lowest BCUT2D eigenvalue weighted by Crippen LogP contribution is -2.37. The third kappa shape index (κ3) is 2.79. The second-order valence-electron chi connectivity index (χ2n) is 5.16. The van der Waals surface area contributed by atoms with Crippen LogP contribution in [0.3, 0.4) is 0 Å². The molecule has 1 atom stereocenters. The zero-order valence-corrected chi connectivity index (χ0v) is 11.1. The van der Waals surface area contributed by atoms with E-state index in [2.05, 4.69) is 4.98 Å². The zero-order valence-electron chi connectivity index (χ0n) is 11.1. The summed E-state index contributed by atoms with van der Waals surface area (Å²) in [5.41, 5.74) is 0.0817. The molecular weight excluding hydrogens is 226 g/mol. The third-order valence-corrected chi connectivity index (χ3v) is 3.35. The van der Waals surface area contributed by atoms with E-state index in [1.807, 2.05) is 44.2 Å². The molecular formula is C15H19NO2. The molecule has 0 amide bonds. The molecule has 1 aromatic carbocycles. The quantitative estimate of drug-likeness (QED) is 0.900. The second-order valence-corrected chi connectivity index (χ2v) is 5.16. The molecule has 0 aliphatic carbocycles. The first-order valence-electron chi connectivity index (χ1n) is 6.19. The molecule has 1 N–H and O–H groups in total. The number of ether oxygens (including phenoxy) is 1. The Morgan fingerprint density at radius 1 is 1.33 bits per heavy atom. The van der Waals surface area contributed by atoms with Crippen molar-refractivity contribution in [1.82, 2.24) is 4.98 Å². The van der Waals surface area contributed by atoms with Crippen LogP contribution in [0.15, 0.2) is 36.5 Å². The van der Waals surface area contributed by atoms with Gasteiger partial charge in [-0.3, -0.25) is 4.98 Å².